The molecule has 3 N–H and O–H groups in total. The molecule has 0 aliphatic heterocycles. The molecule has 0 saturated carbocycles. The zero-order valence-electron chi connectivity index (χ0n) is 15.5. The van der Waals surface area contributed by atoms with Crippen LogP contribution < -0.4 is 14.8 Å². The predicted molar refractivity (Wildman–Crippen MR) is 101 cm³/mol. The second-order valence-electron chi connectivity index (χ2n) is 5.48. The number of nitrogens with zero attached hydrogens (tertiary/aromatic N) is 2. The molecular weight excluding hydrogens is 366 g/mol. The first-order valence-electron chi connectivity index (χ1n) is 8.04. The van der Waals surface area contributed by atoms with Crippen LogP contribution >= 0.6 is 0 Å². The Bertz CT molecular complexity index is 948. The number of hydrogen-bond acceptors (Lipinski definition) is 7. The Morgan fingerprint density at radius 1 is 1.00 bits per heavy atom. The summed E-state index contributed by atoms with van der Waals surface area (Å²) in [7, 11) is 2.84. The Kier molecular flexibility index (Phi) is 6.69. The van der Waals surface area contributed by atoms with Crippen molar-refractivity contribution in [2.45, 2.75) is 6.92 Å². The number of para-hydroxylation sites is 2. The van der Waals surface area contributed by atoms with Crippen LogP contribution in [-0.2, 0) is 4.79 Å². The van der Waals surface area contributed by atoms with Gasteiger partial charge in [0.15, 0.2) is 5.70 Å². The van der Waals surface area contributed by atoms with Gasteiger partial charge >= 0.3 is 5.97 Å². The van der Waals surface area contributed by atoms with E-state index in [1.165, 1.54) is 39.3 Å². The molecule has 0 atom stereocenters. The summed E-state index contributed by atoms with van der Waals surface area (Å²) in [6.45, 7) is 1.28. The average molecular weight is 385 g/mol. The van der Waals surface area contributed by atoms with E-state index in [0.29, 0.717) is 11.4 Å². The van der Waals surface area contributed by atoms with E-state index in [9.17, 15) is 14.7 Å². The molecule has 0 unspecified atom stereocenters. The number of aliphatic hydroxyl groups excluding tert-OH is 1. The van der Waals surface area contributed by atoms with Gasteiger partial charge in [0.2, 0.25) is 0 Å². The molecule has 28 heavy (non-hydrogen) atoms. The molecule has 9 heteroatoms. The molecule has 0 heterocycles. The number of rotatable bonds is 7. The molecule has 0 aromatic heterocycles. The fourth-order valence-electron chi connectivity index (χ4n) is 2.22. The minimum atomic E-state index is -1.15. The lowest BCUT2D eigenvalue weighted by Gasteiger charge is -2.10. The molecular formula is C19H19N3O6. The monoisotopic (exact) mass is 385 g/mol. The fraction of sp³-hybridized carbons (Fsp3) is 0.158. The van der Waals surface area contributed by atoms with Gasteiger partial charge in [0.1, 0.15) is 22.9 Å². The zero-order valence-corrected chi connectivity index (χ0v) is 15.5. The molecule has 0 bridgehead atoms. The third-order valence-corrected chi connectivity index (χ3v) is 3.60. The average Bonchev–Trinajstić information content (AvgIpc) is 2.68. The number of ether oxygens (including phenoxy) is 2. The lowest BCUT2D eigenvalue weighted by Crippen LogP contribution is -2.15. The summed E-state index contributed by atoms with van der Waals surface area (Å²) in [5, 5.41) is 29.2. The molecule has 0 aliphatic rings. The van der Waals surface area contributed by atoms with Crippen molar-refractivity contribution >= 4 is 23.3 Å². The minimum absolute atomic E-state index is 0.0283. The second-order valence-corrected chi connectivity index (χ2v) is 5.48. The highest BCUT2D eigenvalue weighted by molar-refractivity contribution is 6.04. The summed E-state index contributed by atoms with van der Waals surface area (Å²) in [5.74, 6) is -1.55. The van der Waals surface area contributed by atoms with E-state index in [1.54, 1.807) is 24.3 Å². The van der Waals surface area contributed by atoms with Crippen LogP contribution in [0.3, 0.4) is 0 Å². The number of carbonyl (C=O) groups is 2. The standard InChI is InChI=1S/C19H19N3O6/c1-11(23)17(18(24)20-13-6-4-5-7-15(13)27-2)22-21-14-10-12(19(25)26)8-9-16(14)28-3/h4-10,23H,1-3H3,(H,20,24)(H,25,26). The first-order valence-corrected chi connectivity index (χ1v) is 8.04. The zero-order chi connectivity index (χ0) is 20.7. The number of amides is 1. The van der Waals surface area contributed by atoms with Crippen LogP contribution in [0.1, 0.15) is 17.3 Å². The molecule has 9 nitrogen and oxygen atoms in total. The first-order chi connectivity index (χ1) is 13.4. The van der Waals surface area contributed by atoms with Crippen molar-refractivity contribution in [3.05, 3.63) is 59.5 Å². The number of aromatic carboxylic acids is 1. The maximum absolute atomic E-state index is 12.5. The predicted octanol–water partition coefficient (Wildman–Crippen LogP) is 3.91. The number of carboxylic acid groups (broad SMARTS) is 1. The number of allylic oxidation sites excluding steroid dienone is 1. The number of carbonyl (C=O) groups excluding carboxylic acids is 1. The molecule has 0 spiro atoms. The quantitative estimate of drug-likeness (QED) is 0.376. The van der Waals surface area contributed by atoms with E-state index >= 15 is 0 Å². The molecule has 1 amide bonds. The van der Waals surface area contributed by atoms with Crippen LogP contribution in [0.4, 0.5) is 11.4 Å². The van der Waals surface area contributed by atoms with E-state index in [2.05, 4.69) is 15.5 Å². The van der Waals surface area contributed by atoms with Crippen molar-refractivity contribution in [2.24, 2.45) is 10.2 Å². The number of carboxylic acids is 1. The van der Waals surface area contributed by atoms with Gasteiger partial charge in [-0.05, 0) is 37.3 Å². The molecule has 146 valence electrons. The van der Waals surface area contributed by atoms with Crippen molar-refractivity contribution in [3.63, 3.8) is 0 Å². The van der Waals surface area contributed by atoms with Gasteiger partial charge in [-0.3, -0.25) is 4.79 Å². The Balaban J connectivity index is 2.33. The van der Waals surface area contributed by atoms with E-state index in [4.69, 9.17) is 14.6 Å². The van der Waals surface area contributed by atoms with Gasteiger partial charge < -0.3 is 25.0 Å². The molecule has 0 aliphatic carbocycles. The molecule has 0 radical (unpaired) electrons. The van der Waals surface area contributed by atoms with E-state index in [-0.39, 0.29) is 28.5 Å². The third-order valence-electron chi connectivity index (χ3n) is 3.60. The number of nitrogens with one attached hydrogen (secondary N) is 1. The molecule has 0 fully saturated rings. The number of hydrogen-bond donors (Lipinski definition) is 3. The maximum atomic E-state index is 12.5. The molecule has 2 aromatic rings. The van der Waals surface area contributed by atoms with Crippen molar-refractivity contribution in [3.8, 4) is 11.5 Å². The lowest BCUT2D eigenvalue weighted by molar-refractivity contribution is -0.113. The highest BCUT2D eigenvalue weighted by Gasteiger charge is 2.16. The van der Waals surface area contributed by atoms with Crippen LogP contribution in [0, 0.1) is 0 Å². The van der Waals surface area contributed by atoms with Crippen LogP contribution in [0.2, 0.25) is 0 Å². The summed E-state index contributed by atoms with van der Waals surface area (Å²) in [4.78, 5) is 23.6. The number of benzene rings is 2. The molecule has 2 rings (SSSR count). The SMILES string of the molecule is COc1ccc(C(=O)O)cc1N=NC(C(=O)Nc1ccccc1OC)=C(C)O. The van der Waals surface area contributed by atoms with Gasteiger partial charge in [-0.2, -0.15) is 0 Å². The van der Waals surface area contributed by atoms with E-state index in [1.807, 2.05) is 0 Å². The molecule has 0 saturated heterocycles. The van der Waals surface area contributed by atoms with Crippen LogP contribution in [0.25, 0.3) is 0 Å². The Labute approximate surface area is 160 Å². The maximum Gasteiger partial charge on any atom is 0.335 e. The number of azo groups is 1. The van der Waals surface area contributed by atoms with Crippen molar-refractivity contribution in [1.82, 2.24) is 0 Å². The summed E-state index contributed by atoms with van der Waals surface area (Å²) in [5.41, 5.74) is 0.0915. The summed E-state index contributed by atoms with van der Waals surface area (Å²) < 4.78 is 10.3. The highest BCUT2D eigenvalue weighted by atomic mass is 16.5. The van der Waals surface area contributed by atoms with E-state index < -0.39 is 11.9 Å². The summed E-state index contributed by atoms with van der Waals surface area (Å²) in [6, 6.07) is 10.7. The Hall–Kier alpha value is -3.88. The Morgan fingerprint density at radius 2 is 1.68 bits per heavy atom. The fourth-order valence-corrected chi connectivity index (χ4v) is 2.22. The van der Waals surface area contributed by atoms with Gasteiger partial charge in [-0.15, -0.1) is 10.2 Å². The third kappa shape index (κ3) is 4.85. The number of anilines is 1. The lowest BCUT2D eigenvalue weighted by atomic mass is 10.2. The van der Waals surface area contributed by atoms with Gasteiger partial charge in [-0.25, -0.2) is 4.79 Å². The number of aliphatic hydroxyl groups is 1. The number of methoxy groups -OCH3 is 2. The largest absolute Gasteiger partial charge is 0.510 e. The normalized spacial score (nSPS) is 11.7. The van der Waals surface area contributed by atoms with E-state index in [0.717, 1.165) is 0 Å². The first kappa shape index (κ1) is 20.4. The summed E-state index contributed by atoms with van der Waals surface area (Å²) in [6.07, 6.45) is 0. The van der Waals surface area contributed by atoms with Crippen molar-refractivity contribution in [2.75, 3.05) is 19.5 Å². The molecule has 2 aromatic carbocycles. The smallest absolute Gasteiger partial charge is 0.335 e. The second kappa shape index (κ2) is 9.17. The minimum Gasteiger partial charge on any atom is -0.510 e. The van der Waals surface area contributed by atoms with Crippen LogP contribution in [0.15, 0.2) is 64.1 Å². The van der Waals surface area contributed by atoms with Crippen molar-refractivity contribution < 1.29 is 29.3 Å². The highest BCUT2D eigenvalue weighted by Crippen LogP contribution is 2.30. The van der Waals surface area contributed by atoms with Gasteiger partial charge in [0.25, 0.3) is 5.91 Å². The van der Waals surface area contributed by atoms with Crippen LogP contribution in [0.5, 0.6) is 11.5 Å². The topological polar surface area (TPSA) is 130 Å². The van der Waals surface area contributed by atoms with Crippen molar-refractivity contribution in [1.29, 1.82) is 0 Å². The Morgan fingerprint density at radius 3 is 2.29 bits per heavy atom. The van der Waals surface area contributed by atoms with Gasteiger partial charge in [0, 0.05) is 0 Å². The van der Waals surface area contributed by atoms with Gasteiger partial charge in [-0.1, -0.05) is 12.1 Å². The summed E-state index contributed by atoms with van der Waals surface area (Å²) >= 11 is 0. The van der Waals surface area contributed by atoms with Crippen LogP contribution in [-0.4, -0.2) is 36.3 Å². The van der Waals surface area contributed by atoms with Gasteiger partial charge in [0.05, 0.1) is 25.5 Å².